The molecule has 0 bridgehead atoms. The van der Waals surface area contributed by atoms with E-state index in [0.717, 1.165) is 11.3 Å². The number of carboxylic acid groups (broad SMARTS) is 1. The molecule has 21 heavy (non-hydrogen) atoms. The third kappa shape index (κ3) is 3.28. The summed E-state index contributed by atoms with van der Waals surface area (Å²) in [5.74, 6) is -1.24. The fraction of sp³-hybridized carbons (Fsp3) is 0.176. The van der Waals surface area contributed by atoms with Gasteiger partial charge in [-0.15, -0.1) is 0 Å². The lowest BCUT2D eigenvalue weighted by molar-refractivity contribution is 0.0697. The molecule has 0 saturated carbocycles. The lowest BCUT2D eigenvalue weighted by Crippen LogP contribution is -2.30. The van der Waals surface area contributed by atoms with Crippen LogP contribution in [0.25, 0.3) is 0 Å². The summed E-state index contributed by atoms with van der Waals surface area (Å²) < 4.78 is 0. The van der Waals surface area contributed by atoms with Gasteiger partial charge in [-0.05, 0) is 49.7 Å². The van der Waals surface area contributed by atoms with Crippen LogP contribution in [0.5, 0.6) is 0 Å². The van der Waals surface area contributed by atoms with Crippen LogP contribution in [0.15, 0.2) is 48.5 Å². The average Bonchev–Trinajstić information content (AvgIpc) is 2.48. The number of carboxylic acids is 1. The van der Waals surface area contributed by atoms with Gasteiger partial charge >= 0.3 is 5.97 Å². The number of hydrogen-bond acceptors (Lipinski definition) is 2. The van der Waals surface area contributed by atoms with Crippen LogP contribution in [0.3, 0.4) is 0 Å². The van der Waals surface area contributed by atoms with Crippen molar-refractivity contribution in [3.8, 4) is 0 Å². The Bertz CT molecular complexity index is 679. The highest BCUT2D eigenvalue weighted by Gasteiger charge is 2.17. The topological polar surface area (TPSA) is 57.6 Å². The highest BCUT2D eigenvalue weighted by atomic mass is 16.4. The Balaban J connectivity index is 2.36. The van der Waals surface area contributed by atoms with Crippen LogP contribution in [-0.2, 0) is 0 Å². The van der Waals surface area contributed by atoms with E-state index in [1.807, 2.05) is 38.1 Å². The van der Waals surface area contributed by atoms with Gasteiger partial charge in [-0.1, -0.05) is 18.2 Å². The number of amides is 1. The van der Waals surface area contributed by atoms with Crippen LogP contribution in [-0.4, -0.2) is 23.5 Å². The molecule has 4 nitrogen and oxygen atoms in total. The summed E-state index contributed by atoms with van der Waals surface area (Å²) in [4.78, 5) is 25.2. The van der Waals surface area contributed by atoms with Gasteiger partial charge in [0.15, 0.2) is 0 Å². The average molecular weight is 283 g/mol. The highest BCUT2D eigenvalue weighted by Crippen LogP contribution is 2.19. The number of rotatable bonds is 4. The standard InChI is InChI=1S/C17H17NO3/c1-3-18(15-9-4-6-12(2)10-15)16(19)13-7-5-8-14(11-13)17(20)21/h4-11H,3H2,1-2H3,(H,20,21). The smallest absolute Gasteiger partial charge is 0.335 e. The number of hydrogen-bond donors (Lipinski definition) is 1. The van der Waals surface area contributed by atoms with Crippen LogP contribution in [0.4, 0.5) is 5.69 Å². The molecule has 2 aromatic rings. The maximum Gasteiger partial charge on any atom is 0.335 e. The first-order valence-corrected chi connectivity index (χ1v) is 6.75. The van der Waals surface area contributed by atoms with Gasteiger partial charge in [-0.3, -0.25) is 4.79 Å². The second-order valence-corrected chi connectivity index (χ2v) is 4.77. The predicted molar refractivity (Wildman–Crippen MR) is 81.9 cm³/mol. The largest absolute Gasteiger partial charge is 0.478 e. The lowest BCUT2D eigenvalue weighted by Gasteiger charge is -2.21. The van der Waals surface area contributed by atoms with E-state index in [-0.39, 0.29) is 11.5 Å². The Morgan fingerprint density at radius 1 is 1.05 bits per heavy atom. The minimum atomic E-state index is -1.04. The molecule has 0 atom stereocenters. The normalized spacial score (nSPS) is 10.2. The van der Waals surface area contributed by atoms with Gasteiger partial charge in [0.05, 0.1) is 5.56 Å². The highest BCUT2D eigenvalue weighted by molar-refractivity contribution is 6.07. The molecule has 0 spiro atoms. The Morgan fingerprint density at radius 3 is 2.33 bits per heavy atom. The molecule has 0 fully saturated rings. The van der Waals surface area contributed by atoms with Gasteiger partial charge in [0.1, 0.15) is 0 Å². The Kier molecular flexibility index (Phi) is 4.38. The molecule has 0 heterocycles. The molecular formula is C17H17NO3. The number of anilines is 1. The molecule has 0 aliphatic rings. The number of aryl methyl sites for hydroxylation is 1. The van der Waals surface area contributed by atoms with Crippen molar-refractivity contribution in [2.45, 2.75) is 13.8 Å². The van der Waals surface area contributed by atoms with Crippen molar-refractivity contribution in [1.82, 2.24) is 0 Å². The van der Waals surface area contributed by atoms with Gasteiger partial charge in [0.2, 0.25) is 0 Å². The van der Waals surface area contributed by atoms with Gasteiger partial charge in [0.25, 0.3) is 5.91 Å². The maximum absolute atomic E-state index is 12.6. The number of carbonyl (C=O) groups excluding carboxylic acids is 1. The van der Waals surface area contributed by atoms with E-state index < -0.39 is 5.97 Å². The molecule has 2 aromatic carbocycles. The third-order valence-electron chi connectivity index (χ3n) is 3.23. The fourth-order valence-electron chi connectivity index (χ4n) is 2.18. The first-order valence-electron chi connectivity index (χ1n) is 6.75. The molecule has 0 aromatic heterocycles. The van der Waals surface area contributed by atoms with Crippen molar-refractivity contribution in [2.24, 2.45) is 0 Å². The van der Waals surface area contributed by atoms with E-state index in [4.69, 9.17) is 5.11 Å². The van der Waals surface area contributed by atoms with Gasteiger partial charge in [0, 0.05) is 17.8 Å². The minimum absolute atomic E-state index is 0.112. The Labute approximate surface area is 123 Å². The summed E-state index contributed by atoms with van der Waals surface area (Å²) in [6.45, 7) is 4.37. The summed E-state index contributed by atoms with van der Waals surface area (Å²) >= 11 is 0. The number of aromatic carboxylic acids is 1. The van der Waals surface area contributed by atoms with Crippen molar-refractivity contribution in [2.75, 3.05) is 11.4 Å². The molecule has 0 aliphatic heterocycles. The SMILES string of the molecule is CCN(C(=O)c1cccc(C(=O)O)c1)c1cccc(C)c1. The summed E-state index contributed by atoms with van der Waals surface area (Å²) in [5.41, 5.74) is 2.36. The van der Waals surface area contributed by atoms with Crippen LogP contribution in [0, 0.1) is 6.92 Å². The zero-order valence-electron chi connectivity index (χ0n) is 12.0. The second-order valence-electron chi connectivity index (χ2n) is 4.77. The van der Waals surface area contributed by atoms with Crippen molar-refractivity contribution in [3.05, 3.63) is 65.2 Å². The Hall–Kier alpha value is -2.62. The number of benzene rings is 2. The predicted octanol–water partition coefficient (Wildman–Crippen LogP) is 3.36. The molecule has 0 saturated heterocycles. The van der Waals surface area contributed by atoms with E-state index in [1.54, 1.807) is 17.0 Å². The van der Waals surface area contributed by atoms with Crippen molar-refractivity contribution in [3.63, 3.8) is 0 Å². The van der Waals surface area contributed by atoms with E-state index in [0.29, 0.717) is 12.1 Å². The monoisotopic (exact) mass is 283 g/mol. The maximum atomic E-state index is 12.6. The van der Waals surface area contributed by atoms with Gasteiger partial charge in [-0.2, -0.15) is 0 Å². The van der Waals surface area contributed by atoms with E-state index in [9.17, 15) is 9.59 Å². The molecule has 2 rings (SSSR count). The fourth-order valence-corrected chi connectivity index (χ4v) is 2.18. The minimum Gasteiger partial charge on any atom is -0.478 e. The second kappa shape index (κ2) is 6.22. The zero-order valence-corrected chi connectivity index (χ0v) is 12.0. The molecule has 1 amide bonds. The third-order valence-corrected chi connectivity index (χ3v) is 3.23. The molecule has 1 N–H and O–H groups in total. The summed E-state index contributed by atoms with van der Waals surface area (Å²) in [6, 6.07) is 13.8. The molecule has 0 unspecified atom stereocenters. The lowest BCUT2D eigenvalue weighted by atomic mass is 10.1. The van der Waals surface area contributed by atoms with Crippen LogP contribution in [0.2, 0.25) is 0 Å². The number of nitrogens with zero attached hydrogens (tertiary/aromatic N) is 1. The van der Waals surface area contributed by atoms with Crippen LogP contribution in [0.1, 0.15) is 33.2 Å². The van der Waals surface area contributed by atoms with E-state index in [1.165, 1.54) is 12.1 Å². The molecule has 108 valence electrons. The quantitative estimate of drug-likeness (QED) is 0.936. The van der Waals surface area contributed by atoms with E-state index in [2.05, 4.69) is 0 Å². The first-order chi connectivity index (χ1) is 10.0. The first kappa shape index (κ1) is 14.8. The van der Waals surface area contributed by atoms with Gasteiger partial charge < -0.3 is 10.0 Å². The van der Waals surface area contributed by atoms with Crippen LogP contribution < -0.4 is 4.90 Å². The Morgan fingerprint density at radius 2 is 1.71 bits per heavy atom. The number of carbonyl (C=O) groups is 2. The van der Waals surface area contributed by atoms with Gasteiger partial charge in [-0.25, -0.2) is 4.79 Å². The molecule has 0 aliphatic carbocycles. The zero-order chi connectivity index (χ0) is 15.4. The van der Waals surface area contributed by atoms with E-state index >= 15 is 0 Å². The molecular weight excluding hydrogens is 266 g/mol. The molecule has 4 heteroatoms. The summed E-state index contributed by atoms with van der Waals surface area (Å²) in [6.07, 6.45) is 0. The van der Waals surface area contributed by atoms with Crippen molar-refractivity contribution < 1.29 is 14.7 Å². The van der Waals surface area contributed by atoms with Crippen molar-refractivity contribution >= 4 is 17.6 Å². The summed E-state index contributed by atoms with van der Waals surface area (Å²) in [5, 5.41) is 9.02. The van der Waals surface area contributed by atoms with Crippen LogP contribution >= 0.6 is 0 Å². The molecule has 0 radical (unpaired) electrons. The van der Waals surface area contributed by atoms with Crippen molar-refractivity contribution in [1.29, 1.82) is 0 Å². The summed E-state index contributed by atoms with van der Waals surface area (Å²) in [7, 11) is 0.